The minimum atomic E-state index is -0.381. The molecule has 126 valence electrons. The minimum absolute atomic E-state index is 0.0987. The highest BCUT2D eigenvalue weighted by atomic mass is 35.5. The number of tetrazole rings is 1. The van der Waals surface area contributed by atoms with Crippen LogP contribution in [0.25, 0.3) is 11.4 Å². The van der Waals surface area contributed by atoms with Gasteiger partial charge in [0.15, 0.2) is 0 Å². The molecule has 1 amide bonds. The molecule has 25 heavy (non-hydrogen) atoms. The van der Waals surface area contributed by atoms with E-state index in [9.17, 15) is 4.79 Å². The van der Waals surface area contributed by atoms with Crippen LogP contribution in [0.2, 0.25) is 10.0 Å². The maximum atomic E-state index is 11.9. The number of nitrogens with zero attached hydrogens (tertiary/aromatic N) is 5. The largest absolute Gasteiger partial charge is 0.271 e. The zero-order chi connectivity index (χ0) is 17.6. The first-order valence-electron chi connectivity index (χ1n) is 7.22. The monoisotopic (exact) mass is 374 g/mol. The summed E-state index contributed by atoms with van der Waals surface area (Å²) >= 11 is 11.7. The lowest BCUT2D eigenvalue weighted by atomic mass is 10.2. The lowest BCUT2D eigenvalue weighted by molar-refractivity contribution is -0.122. The van der Waals surface area contributed by atoms with E-state index in [1.54, 1.807) is 18.2 Å². The standard InChI is InChI=1S/C16H12Cl2N6O/c17-13-7-6-11(8-14(13)18)9-19-20-15(25)10-24-22-16(21-23-24)12-4-2-1-3-5-12/h1-9H,10H2,(H,20,25). The van der Waals surface area contributed by atoms with E-state index in [0.717, 1.165) is 5.56 Å². The van der Waals surface area contributed by atoms with E-state index in [1.807, 2.05) is 30.3 Å². The summed E-state index contributed by atoms with van der Waals surface area (Å²) in [4.78, 5) is 13.1. The predicted molar refractivity (Wildman–Crippen MR) is 95.5 cm³/mol. The lowest BCUT2D eigenvalue weighted by Gasteiger charge is -1.99. The summed E-state index contributed by atoms with van der Waals surface area (Å²) in [6.45, 7) is -0.0987. The molecule has 0 aliphatic carbocycles. The maximum Gasteiger partial charge on any atom is 0.263 e. The third kappa shape index (κ3) is 4.62. The lowest BCUT2D eigenvalue weighted by Crippen LogP contribution is -2.24. The molecule has 0 atom stereocenters. The van der Waals surface area contributed by atoms with Gasteiger partial charge in [0.1, 0.15) is 6.54 Å². The van der Waals surface area contributed by atoms with E-state index >= 15 is 0 Å². The quantitative estimate of drug-likeness (QED) is 0.549. The van der Waals surface area contributed by atoms with Gasteiger partial charge < -0.3 is 0 Å². The zero-order valence-corrected chi connectivity index (χ0v) is 14.3. The van der Waals surface area contributed by atoms with Crippen LogP contribution in [0.3, 0.4) is 0 Å². The van der Waals surface area contributed by atoms with Crippen molar-refractivity contribution in [2.45, 2.75) is 6.54 Å². The van der Waals surface area contributed by atoms with Crippen LogP contribution in [0.5, 0.6) is 0 Å². The number of carbonyl (C=O) groups excluding carboxylic acids is 1. The Morgan fingerprint density at radius 3 is 2.72 bits per heavy atom. The molecule has 9 heteroatoms. The molecule has 1 N–H and O–H groups in total. The number of hydrogen-bond acceptors (Lipinski definition) is 5. The number of nitrogens with one attached hydrogen (secondary N) is 1. The fourth-order valence-corrected chi connectivity index (χ4v) is 2.25. The van der Waals surface area contributed by atoms with Crippen molar-refractivity contribution in [1.29, 1.82) is 0 Å². The van der Waals surface area contributed by atoms with Gasteiger partial charge >= 0.3 is 0 Å². The van der Waals surface area contributed by atoms with Crippen LogP contribution < -0.4 is 5.43 Å². The van der Waals surface area contributed by atoms with Crippen LogP contribution in [0.15, 0.2) is 53.6 Å². The SMILES string of the molecule is O=C(Cn1nnc(-c2ccccc2)n1)NN=Cc1ccc(Cl)c(Cl)c1. The number of hydrazone groups is 1. The third-order valence-corrected chi connectivity index (χ3v) is 3.86. The molecular formula is C16H12Cl2N6O. The number of rotatable bonds is 5. The fourth-order valence-electron chi connectivity index (χ4n) is 1.95. The normalized spacial score (nSPS) is 11.0. The van der Waals surface area contributed by atoms with Gasteiger partial charge in [0.05, 0.1) is 16.3 Å². The van der Waals surface area contributed by atoms with E-state index in [0.29, 0.717) is 21.4 Å². The summed E-state index contributed by atoms with van der Waals surface area (Å²) in [5.41, 5.74) is 3.92. The summed E-state index contributed by atoms with van der Waals surface area (Å²) < 4.78 is 0. The average molecular weight is 375 g/mol. The first kappa shape index (κ1) is 17.1. The highest BCUT2D eigenvalue weighted by Gasteiger charge is 2.08. The third-order valence-electron chi connectivity index (χ3n) is 3.12. The van der Waals surface area contributed by atoms with Gasteiger partial charge in [0, 0.05) is 5.56 Å². The number of hydrogen-bond donors (Lipinski definition) is 1. The first-order chi connectivity index (χ1) is 12.1. The van der Waals surface area contributed by atoms with Crippen molar-refractivity contribution in [3.05, 3.63) is 64.1 Å². The summed E-state index contributed by atoms with van der Waals surface area (Å²) in [6.07, 6.45) is 1.46. The van der Waals surface area contributed by atoms with Crippen LogP contribution in [0.1, 0.15) is 5.56 Å². The maximum absolute atomic E-state index is 11.9. The molecule has 3 aromatic rings. The number of aromatic nitrogens is 4. The number of halogens is 2. The zero-order valence-electron chi connectivity index (χ0n) is 12.8. The molecule has 0 fully saturated rings. The molecule has 0 aliphatic rings. The van der Waals surface area contributed by atoms with E-state index in [1.165, 1.54) is 11.0 Å². The summed E-state index contributed by atoms with van der Waals surface area (Å²) in [6, 6.07) is 14.4. The molecule has 0 radical (unpaired) electrons. The van der Waals surface area contributed by atoms with E-state index in [-0.39, 0.29) is 12.5 Å². The van der Waals surface area contributed by atoms with Crippen molar-refractivity contribution in [3.8, 4) is 11.4 Å². The average Bonchev–Trinajstić information content (AvgIpc) is 3.07. The molecule has 2 aromatic carbocycles. The molecular weight excluding hydrogens is 363 g/mol. The molecule has 0 spiro atoms. The van der Waals surface area contributed by atoms with Gasteiger partial charge in [-0.3, -0.25) is 4.79 Å². The second-order valence-corrected chi connectivity index (χ2v) is 5.79. The molecule has 0 bridgehead atoms. The predicted octanol–water partition coefficient (Wildman–Crippen LogP) is 2.80. The Morgan fingerprint density at radius 1 is 1.16 bits per heavy atom. The van der Waals surface area contributed by atoms with Crippen molar-refractivity contribution in [2.24, 2.45) is 5.10 Å². The van der Waals surface area contributed by atoms with Crippen molar-refractivity contribution in [3.63, 3.8) is 0 Å². The van der Waals surface area contributed by atoms with Crippen LogP contribution in [-0.4, -0.2) is 32.3 Å². The van der Waals surface area contributed by atoms with Crippen LogP contribution >= 0.6 is 23.2 Å². The molecule has 1 aromatic heterocycles. The van der Waals surface area contributed by atoms with Crippen molar-refractivity contribution < 1.29 is 4.79 Å². The van der Waals surface area contributed by atoms with E-state index < -0.39 is 0 Å². The topological polar surface area (TPSA) is 85.1 Å². The Labute approximate surface area is 153 Å². The summed E-state index contributed by atoms with van der Waals surface area (Å²) in [7, 11) is 0. The van der Waals surface area contributed by atoms with Gasteiger partial charge in [0.25, 0.3) is 5.91 Å². The van der Waals surface area contributed by atoms with Crippen molar-refractivity contribution in [2.75, 3.05) is 0 Å². The smallest absolute Gasteiger partial charge is 0.263 e. The molecule has 0 aliphatic heterocycles. The number of carbonyl (C=O) groups is 1. The number of amides is 1. The van der Waals surface area contributed by atoms with Crippen molar-refractivity contribution >= 4 is 35.3 Å². The Kier molecular flexibility index (Phi) is 5.37. The van der Waals surface area contributed by atoms with Crippen LogP contribution in [0.4, 0.5) is 0 Å². The van der Waals surface area contributed by atoms with Crippen LogP contribution in [0, 0.1) is 0 Å². The van der Waals surface area contributed by atoms with Gasteiger partial charge in [-0.15, -0.1) is 10.2 Å². The van der Waals surface area contributed by atoms with Gasteiger partial charge in [-0.05, 0) is 22.9 Å². The van der Waals surface area contributed by atoms with Gasteiger partial charge in [-0.25, -0.2) is 5.43 Å². The summed E-state index contributed by atoms with van der Waals surface area (Å²) in [5.74, 6) is 0.0704. The van der Waals surface area contributed by atoms with E-state index in [2.05, 4.69) is 25.9 Å². The Bertz CT molecular complexity index is 910. The highest BCUT2D eigenvalue weighted by Crippen LogP contribution is 2.21. The number of benzene rings is 2. The Morgan fingerprint density at radius 2 is 1.96 bits per heavy atom. The highest BCUT2D eigenvalue weighted by molar-refractivity contribution is 6.42. The molecule has 3 rings (SSSR count). The molecule has 1 heterocycles. The fraction of sp³-hybridized carbons (Fsp3) is 0.0625. The van der Waals surface area contributed by atoms with Gasteiger partial charge in [-0.2, -0.15) is 9.90 Å². The second kappa shape index (κ2) is 7.87. The minimum Gasteiger partial charge on any atom is -0.271 e. The van der Waals surface area contributed by atoms with Crippen LogP contribution in [-0.2, 0) is 11.3 Å². The first-order valence-corrected chi connectivity index (χ1v) is 7.97. The molecule has 7 nitrogen and oxygen atoms in total. The van der Waals surface area contributed by atoms with Gasteiger partial charge in [0.2, 0.25) is 5.82 Å². The molecule has 0 saturated carbocycles. The van der Waals surface area contributed by atoms with Crippen molar-refractivity contribution in [1.82, 2.24) is 25.6 Å². The van der Waals surface area contributed by atoms with E-state index in [4.69, 9.17) is 23.2 Å². The van der Waals surface area contributed by atoms with Gasteiger partial charge in [-0.1, -0.05) is 59.6 Å². The molecule has 0 unspecified atom stereocenters. The molecule has 0 saturated heterocycles. The Balaban J connectivity index is 1.57. The summed E-state index contributed by atoms with van der Waals surface area (Å²) in [5, 5.41) is 16.7. The Hall–Kier alpha value is -2.77. The second-order valence-electron chi connectivity index (χ2n) is 4.98.